The zero-order valence-electron chi connectivity index (χ0n) is 17.5. The van der Waals surface area contributed by atoms with Crippen molar-refractivity contribution in [1.82, 2.24) is 14.8 Å². The van der Waals surface area contributed by atoms with Crippen LogP contribution in [0.5, 0.6) is 23.1 Å². The molecular weight excluding hydrogens is 410 g/mol. The normalized spacial score (nSPS) is 10.3. The maximum absolute atomic E-state index is 12.3. The summed E-state index contributed by atoms with van der Waals surface area (Å²) in [5.74, 6) is 2.74. The Kier molecular flexibility index (Phi) is 6.17. The van der Waals surface area contributed by atoms with E-state index >= 15 is 0 Å². The van der Waals surface area contributed by atoms with Crippen molar-refractivity contribution in [1.29, 1.82) is 0 Å². The van der Waals surface area contributed by atoms with Crippen molar-refractivity contribution in [3.05, 3.63) is 79.1 Å². The molecule has 4 aromatic rings. The Morgan fingerprint density at radius 2 is 1.50 bits per heavy atom. The van der Waals surface area contributed by atoms with Gasteiger partial charge in [0, 0.05) is 35.9 Å². The van der Waals surface area contributed by atoms with E-state index in [1.165, 1.54) is 7.11 Å². The zero-order chi connectivity index (χ0) is 22.3. The zero-order valence-corrected chi connectivity index (χ0v) is 17.5. The molecule has 2 N–H and O–H groups in total. The first-order chi connectivity index (χ1) is 15.6. The summed E-state index contributed by atoms with van der Waals surface area (Å²) >= 11 is 0. The number of ether oxygens (including phenoxy) is 3. The summed E-state index contributed by atoms with van der Waals surface area (Å²) in [4.78, 5) is 12.3. The van der Waals surface area contributed by atoms with Crippen molar-refractivity contribution in [2.24, 2.45) is 0 Å². The number of nitrogens with one attached hydrogen (secondary N) is 2. The first-order valence-corrected chi connectivity index (χ1v) is 9.69. The molecule has 9 heteroatoms. The minimum Gasteiger partial charge on any atom is -0.493 e. The van der Waals surface area contributed by atoms with E-state index in [4.69, 9.17) is 14.2 Å². The smallest absolute Gasteiger partial charge is 0.323 e. The van der Waals surface area contributed by atoms with Crippen LogP contribution < -0.4 is 24.8 Å². The van der Waals surface area contributed by atoms with Gasteiger partial charge in [-0.05, 0) is 54.6 Å². The van der Waals surface area contributed by atoms with E-state index in [2.05, 4.69) is 20.8 Å². The van der Waals surface area contributed by atoms with E-state index in [-0.39, 0.29) is 0 Å². The maximum atomic E-state index is 12.3. The lowest BCUT2D eigenvalue weighted by molar-refractivity contribution is 0.262. The quantitative estimate of drug-likeness (QED) is 0.439. The van der Waals surface area contributed by atoms with Gasteiger partial charge in [0.1, 0.15) is 5.75 Å². The Bertz CT molecular complexity index is 1180. The average Bonchev–Trinajstić information content (AvgIpc) is 3.36. The molecule has 2 amide bonds. The maximum Gasteiger partial charge on any atom is 0.323 e. The summed E-state index contributed by atoms with van der Waals surface area (Å²) in [7, 11) is 3.09. The van der Waals surface area contributed by atoms with Gasteiger partial charge in [-0.1, -0.05) is 0 Å². The lowest BCUT2D eigenvalue weighted by Gasteiger charge is -2.11. The van der Waals surface area contributed by atoms with Crippen LogP contribution in [0.3, 0.4) is 0 Å². The highest BCUT2D eigenvalue weighted by Gasteiger charge is 2.08. The Morgan fingerprint density at radius 1 is 0.812 bits per heavy atom. The van der Waals surface area contributed by atoms with Crippen molar-refractivity contribution in [3.8, 4) is 28.9 Å². The van der Waals surface area contributed by atoms with E-state index in [0.29, 0.717) is 40.3 Å². The van der Waals surface area contributed by atoms with Crippen molar-refractivity contribution in [2.45, 2.75) is 0 Å². The first kappa shape index (κ1) is 20.7. The second-order valence-electron chi connectivity index (χ2n) is 6.60. The number of aromatic nitrogens is 3. The van der Waals surface area contributed by atoms with Gasteiger partial charge in [-0.3, -0.25) is 0 Å². The van der Waals surface area contributed by atoms with Gasteiger partial charge in [-0.25, -0.2) is 4.79 Å². The highest BCUT2D eigenvalue weighted by molar-refractivity contribution is 5.99. The van der Waals surface area contributed by atoms with Crippen LogP contribution in [0.15, 0.2) is 79.1 Å². The van der Waals surface area contributed by atoms with Gasteiger partial charge in [-0.15, -0.1) is 10.2 Å². The average molecular weight is 431 g/mol. The number of urea groups is 1. The molecule has 2 aromatic heterocycles. The number of rotatable bonds is 7. The molecule has 0 aliphatic heterocycles. The number of benzene rings is 2. The Morgan fingerprint density at radius 3 is 2.16 bits per heavy atom. The van der Waals surface area contributed by atoms with E-state index < -0.39 is 6.03 Å². The predicted molar refractivity (Wildman–Crippen MR) is 120 cm³/mol. The fourth-order valence-electron chi connectivity index (χ4n) is 2.93. The Labute approximate surface area is 184 Å². The molecule has 4 rings (SSSR count). The van der Waals surface area contributed by atoms with Crippen LogP contribution in [0, 0.1) is 0 Å². The van der Waals surface area contributed by atoms with Gasteiger partial charge in [-0.2, -0.15) is 0 Å². The van der Waals surface area contributed by atoms with Gasteiger partial charge < -0.3 is 29.4 Å². The van der Waals surface area contributed by atoms with Crippen LogP contribution in [0.1, 0.15) is 0 Å². The van der Waals surface area contributed by atoms with Crippen LogP contribution in [-0.4, -0.2) is 35.0 Å². The second kappa shape index (κ2) is 9.52. The molecule has 32 heavy (non-hydrogen) atoms. The molecule has 0 aliphatic carbocycles. The van der Waals surface area contributed by atoms with Gasteiger partial charge in [0.2, 0.25) is 5.88 Å². The van der Waals surface area contributed by atoms with Gasteiger partial charge >= 0.3 is 6.03 Å². The van der Waals surface area contributed by atoms with Crippen LogP contribution in [-0.2, 0) is 0 Å². The lowest BCUT2D eigenvalue weighted by Crippen LogP contribution is -2.19. The minimum atomic E-state index is -0.391. The fourth-order valence-corrected chi connectivity index (χ4v) is 2.93. The first-order valence-electron chi connectivity index (χ1n) is 9.69. The van der Waals surface area contributed by atoms with E-state index in [1.54, 1.807) is 55.6 Å². The fraction of sp³-hybridized carbons (Fsp3) is 0.0870. The summed E-state index contributed by atoms with van der Waals surface area (Å²) < 4.78 is 18.0. The molecule has 0 saturated carbocycles. The van der Waals surface area contributed by atoms with Gasteiger partial charge in [0.05, 0.1) is 14.2 Å². The number of hydrogen-bond acceptors (Lipinski definition) is 6. The van der Waals surface area contributed by atoms with Crippen LogP contribution in [0.4, 0.5) is 16.2 Å². The van der Waals surface area contributed by atoms with Crippen molar-refractivity contribution in [3.63, 3.8) is 0 Å². The minimum absolute atomic E-state index is 0.368. The van der Waals surface area contributed by atoms with E-state index in [9.17, 15) is 4.79 Å². The summed E-state index contributed by atoms with van der Waals surface area (Å²) in [5, 5.41) is 13.7. The van der Waals surface area contributed by atoms with Crippen molar-refractivity contribution in [2.75, 3.05) is 24.9 Å². The number of methoxy groups -OCH3 is 2. The standard InChI is InChI=1S/C23H21N5O4/c1-30-19-10-7-17(15-20(19)31-2)25-23(29)24-16-5-8-18(9-6-16)32-22-12-11-21(26-27-22)28-13-3-4-14-28/h3-15H,1-2H3,(H2,24,25,29). The highest BCUT2D eigenvalue weighted by atomic mass is 16.5. The molecule has 0 bridgehead atoms. The van der Waals surface area contributed by atoms with Crippen molar-refractivity contribution < 1.29 is 19.0 Å². The molecule has 9 nitrogen and oxygen atoms in total. The highest BCUT2D eigenvalue weighted by Crippen LogP contribution is 2.30. The Hall–Kier alpha value is -4.53. The summed E-state index contributed by atoms with van der Waals surface area (Å²) in [6, 6.07) is 19.0. The number of carbonyl (C=O) groups is 1. The molecular formula is C23H21N5O4. The second-order valence-corrected chi connectivity index (χ2v) is 6.60. The van der Waals surface area contributed by atoms with Gasteiger partial charge in [0.15, 0.2) is 17.3 Å². The molecule has 0 unspecified atom stereocenters. The molecule has 0 fully saturated rings. The molecule has 162 valence electrons. The molecule has 0 saturated heterocycles. The molecule has 2 aromatic carbocycles. The number of amides is 2. The number of nitrogens with zero attached hydrogens (tertiary/aromatic N) is 3. The van der Waals surface area contributed by atoms with Crippen molar-refractivity contribution >= 4 is 17.4 Å². The topological polar surface area (TPSA) is 99.5 Å². The van der Waals surface area contributed by atoms with Crippen LogP contribution in [0.25, 0.3) is 5.82 Å². The number of carbonyl (C=O) groups excluding carboxylic acids is 1. The van der Waals surface area contributed by atoms with Crippen LogP contribution >= 0.6 is 0 Å². The SMILES string of the molecule is COc1ccc(NC(=O)Nc2ccc(Oc3ccc(-n4cccc4)nn3)cc2)cc1OC. The molecule has 0 spiro atoms. The predicted octanol–water partition coefficient (Wildman–Crippen LogP) is 4.72. The Balaban J connectivity index is 1.34. The van der Waals surface area contributed by atoms with Gasteiger partial charge in [0.25, 0.3) is 0 Å². The third-order valence-corrected chi connectivity index (χ3v) is 4.47. The molecule has 2 heterocycles. The lowest BCUT2D eigenvalue weighted by atomic mass is 10.2. The van der Waals surface area contributed by atoms with Crippen LogP contribution in [0.2, 0.25) is 0 Å². The third kappa shape index (κ3) is 4.96. The monoisotopic (exact) mass is 431 g/mol. The largest absolute Gasteiger partial charge is 0.493 e. The number of anilines is 2. The third-order valence-electron chi connectivity index (χ3n) is 4.47. The summed E-state index contributed by atoms with van der Waals surface area (Å²) in [6.07, 6.45) is 3.77. The summed E-state index contributed by atoms with van der Waals surface area (Å²) in [5.41, 5.74) is 1.17. The molecule has 0 atom stereocenters. The summed E-state index contributed by atoms with van der Waals surface area (Å²) in [6.45, 7) is 0. The molecule has 0 aliphatic rings. The molecule has 0 radical (unpaired) electrons. The number of hydrogen-bond donors (Lipinski definition) is 2. The van der Waals surface area contributed by atoms with E-state index in [1.807, 2.05) is 35.2 Å². The van der Waals surface area contributed by atoms with E-state index in [0.717, 1.165) is 0 Å².